The number of nitrogen functional groups attached to an aromatic ring is 1. The number of nitrogens with zero attached hydrogens (tertiary/aromatic N) is 1. The van der Waals surface area contributed by atoms with Crippen LogP contribution in [0.1, 0.15) is 38.6 Å². The third kappa shape index (κ3) is 2.22. The molecule has 0 unspecified atom stereocenters. The van der Waals surface area contributed by atoms with Crippen molar-refractivity contribution >= 4 is 5.69 Å². The SMILES string of the molecule is CC1CCC(n2cc(N)ccc2=O)CC1. The van der Waals surface area contributed by atoms with Gasteiger partial charge in [0.15, 0.2) is 0 Å². The summed E-state index contributed by atoms with van der Waals surface area (Å²) in [7, 11) is 0. The van der Waals surface area contributed by atoms with Crippen LogP contribution in [0.5, 0.6) is 0 Å². The Morgan fingerprint density at radius 3 is 2.60 bits per heavy atom. The summed E-state index contributed by atoms with van der Waals surface area (Å²) in [5.74, 6) is 0.804. The third-order valence-corrected chi connectivity index (χ3v) is 3.34. The minimum Gasteiger partial charge on any atom is -0.398 e. The molecule has 0 aromatic carbocycles. The molecule has 0 saturated heterocycles. The molecule has 2 rings (SSSR count). The standard InChI is InChI=1S/C12H18N2O/c1-9-2-5-11(6-3-9)14-8-10(13)4-7-12(14)15/h4,7-9,11H,2-3,5-6,13H2,1H3. The number of hydrogen-bond acceptors (Lipinski definition) is 2. The number of hydrogen-bond donors (Lipinski definition) is 1. The van der Waals surface area contributed by atoms with Crippen LogP contribution in [0.3, 0.4) is 0 Å². The smallest absolute Gasteiger partial charge is 0.250 e. The van der Waals surface area contributed by atoms with Gasteiger partial charge in [-0.05, 0) is 37.7 Å². The molecular weight excluding hydrogens is 188 g/mol. The van der Waals surface area contributed by atoms with Crippen molar-refractivity contribution < 1.29 is 0 Å². The summed E-state index contributed by atoms with van der Waals surface area (Å²) in [4.78, 5) is 11.7. The van der Waals surface area contributed by atoms with Crippen LogP contribution >= 0.6 is 0 Å². The van der Waals surface area contributed by atoms with Crippen LogP contribution in [0.15, 0.2) is 23.1 Å². The normalized spacial score (nSPS) is 26.5. The van der Waals surface area contributed by atoms with Gasteiger partial charge in [0.2, 0.25) is 0 Å². The maximum atomic E-state index is 11.7. The van der Waals surface area contributed by atoms with Crippen molar-refractivity contribution in [3.05, 3.63) is 28.7 Å². The summed E-state index contributed by atoms with van der Waals surface area (Å²) in [5, 5.41) is 0. The largest absolute Gasteiger partial charge is 0.398 e. The maximum Gasteiger partial charge on any atom is 0.250 e. The molecule has 1 aliphatic rings. The highest BCUT2D eigenvalue weighted by molar-refractivity contribution is 5.33. The Hall–Kier alpha value is -1.25. The van der Waals surface area contributed by atoms with Crippen LogP contribution < -0.4 is 11.3 Å². The molecule has 1 saturated carbocycles. The lowest BCUT2D eigenvalue weighted by atomic mass is 9.87. The minimum absolute atomic E-state index is 0.0729. The van der Waals surface area contributed by atoms with E-state index in [1.807, 2.05) is 0 Å². The Labute approximate surface area is 89.9 Å². The molecule has 0 atom stereocenters. The van der Waals surface area contributed by atoms with Gasteiger partial charge in [-0.15, -0.1) is 0 Å². The van der Waals surface area contributed by atoms with Gasteiger partial charge in [0.05, 0.1) is 0 Å². The van der Waals surface area contributed by atoms with Crippen LogP contribution in [-0.4, -0.2) is 4.57 Å². The predicted octanol–water partition coefficient (Wildman–Crippen LogP) is 2.18. The zero-order valence-corrected chi connectivity index (χ0v) is 9.15. The van der Waals surface area contributed by atoms with E-state index in [-0.39, 0.29) is 5.56 Å². The van der Waals surface area contributed by atoms with Crippen molar-refractivity contribution in [3.63, 3.8) is 0 Å². The maximum absolute atomic E-state index is 11.7. The van der Waals surface area contributed by atoms with E-state index >= 15 is 0 Å². The molecule has 15 heavy (non-hydrogen) atoms. The average molecular weight is 206 g/mol. The predicted molar refractivity (Wildman–Crippen MR) is 61.8 cm³/mol. The summed E-state index contributed by atoms with van der Waals surface area (Å²) in [6.07, 6.45) is 6.41. The van der Waals surface area contributed by atoms with Gasteiger partial charge in [0, 0.05) is 24.0 Å². The van der Waals surface area contributed by atoms with Crippen LogP contribution in [-0.2, 0) is 0 Å². The lowest BCUT2D eigenvalue weighted by Gasteiger charge is -2.27. The van der Waals surface area contributed by atoms with E-state index in [4.69, 9.17) is 5.73 Å². The van der Waals surface area contributed by atoms with Crippen molar-refractivity contribution in [3.8, 4) is 0 Å². The highest BCUT2D eigenvalue weighted by Gasteiger charge is 2.19. The summed E-state index contributed by atoms with van der Waals surface area (Å²) in [6, 6.07) is 3.59. The highest BCUT2D eigenvalue weighted by atomic mass is 16.1. The second-order valence-electron chi connectivity index (χ2n) is 4.62. The summed E-state index contributed by atoms with van der Waals surface area (Å²) in [6.45, 7) is 2.28. The van der Waals surface area contributed by atoms with Crippen molar-refractivity contribution in [1.29, 1.82) is 0 Å². The lowest BCUT2D eigenvalue weighted by Crippen LogP contribution is -2.26. The number of anilines is 1. The molecule has 1 heterocycles. The van der Waals surface area contributed by atoms with Crippen molar-refractivity contribution in [2.75, 3.05) is 5.73 Å². The molecule has 3 heteroatoms. The molecular formula is C12H18N2O. The first-order valence-corrected chi connectivity index (χ1v) is 5.64. The molecule has 82 valence electrons. The van der Waals surface area contributed by atoms with Gasteiger partial charge >= 0.3 is 0 Å². The van der Waals surface area contributed by atoms with Crippen LogP contribution in [0.2, 0.25) is 0 Å². The summed E-state index contributed by atoms with van der Waals surface area (Å²) >= 11 is 0. The first-order valence-electron chi connectivity index (χ1n) is 5.64. The van der Waals surface area contributed by atoms with Crippen LogP contribution in [0.25, 0.3) is 0 Å². The second-order valence-corrected chi connectivity index (χ2v) is 4.62. The molecule has 3 nitrogen and oxygen atoms in total. The van der Waals surface area contributed by atoms with Crippen molar-refractivity contribution in [2.45, 2.75) is 38.6 Å². The molecule has 1 aromatic heterocycles. The van der Waals surface area contributed by atoms with E-state index in [2.05, 4.69) is 6.92 Å². The summed E-state index contributed by atoms with van der Waals surface area (Å²) in [5.41, 5.74) is 6.45. The highest BCUT2D eigenvalue weighted by Crippen LogP contribution is 2.30. The Morgan fingerprint density at radius 2 is 1.93 bits per heavy atom. The average Bonchev–Trinajstić information content (AvgIpc) is 2.23. The molecule has 0 bridgehead atoms. The Balaban J connectivity index is 2.22. The Kier molecular flexibility index (Phi) is 2.80. The van der Waals surface area contributed by atoms with Gasteiger partial charge in [-0.2, -0.15) is 0 Å². The first kappa shape index (κ1) is 10.3. The van der Waals surface area contributed by atoms with Crippen LogP contribution in [0, 0.1) is 5.92 Å². The molecule has 2 N–H and O–H groups in total. The molecule has 1 fully saturated rings. The first-order chi connectivity index (χ1) is 7.16. The number of aromatic nitrogens is 1. The fourth-order valence-corrected chi connectivity index (χ4v) is 2.33. The molecule has 1 aromatic rings. The van der Waals surface area contributed by atoms with Crippen molar-refractivity contribution in [2.24, 2.45) is 5.92 Å². The zero-order chi connectivity index (χ0) is 10.8. The van der Waals surface area contributed by atoms with Crippen molar-refractivity contribution in [1.82, 2.24) is 4.57 Å². The van der Waals surface area contributed by atoms with Gasteiger partial charge in [-0.1, -0.05) is 6.92 Å². The lowest BCUT2D eigenvalue weighted by molar-refractivity contribution is 0.285. The van der Waals surface area contributed by atoms with Gasteiger partial charge in [-0.25, -0.2) is 0 Å². The molecule has 0 spiro atoms. The Bertz CT molecular complexity index is 389. The van der Waals surface area contributed by atoms with Crippen LogP contribution in [0.4, 0.5) is 5.69 Å². The molecule has 1 aliphatic carbocycles. The minimum atomic E-state index is 0.0729. The van der Waals surface area contributed by atoms with Gasteiger partial charge in [0.25, 0.3) is 5.56 Å². The number of rotatable bonds is 1. The third-order valence-electron chi connectivity index (χ3n) is 3.34. The van der Waals surface area contributed by atoms with Gasteiger partial charge < -0.3 is 10.3 Å². The monoisotopic (exact) mass is 206 g/mol. The fraction of sp³-hybridized carbons (Fsp3) is 0.583. The van der Waals surface area contributed by atoms with E-state index in [9.17, 15) is 4.79 Å². The van der Waals surface area contributed by atoms with E-state index in [1.54, 1.807) is 22.9 Å². The zero-order valence-electron chi connectivity index (χ0n) is 9.15. The topological polar surface area (TPSA) is 48.0 Å². The summed E-state index contributed by atoms with van der Waals surface area (Å²) < 4.78 is 1.81. The Morgan fingerprint density at radius 1 is 1.27 bits per heavy atom. The van der Waals surface area contributed by atoms with E-state index in [0.717, 1.165) is 18.8 Å². The number of nitrogens with two attached hydrogens (primary N) is 1. The van der Waals surface area contributed by atoms with Gasteiger partial charge in [0.1, 0.15) is 0 Å². The molecule has 0 aliphatic heterocycles. The van der Waals surface area contributed by atoms with E-state index < -0.39 is 0 Å². The van der Waals surface area contributed by atoms with E-state index in [0.29, 0.717) is 11.7 Å². The molecule has 0 radical (unpaired) electrons. The molecule has 0 amide bonds. The fourth-order valence-electron chi connectivity index (χ4n) is 2.33. The quantitative estimate of drug-likeness (QED) is 0.765. The van der Waals surface area contributed by atoms with E-state index in [1.165, 1.54) is 12.8 Å². The van der Waals surface area contributed by atoms with Gasteiger partial charge in [-0.3, -0.25) is 4.79 Å². The second kappa shape index (κ2) is 4.09. The number of pyridine rings is 1.